The van der Waals surface area contributed by atoms with E-state index in [1.807, 2.05) is 42.5 Å². The number of urea groups is 1. The van der Waals surface area contributed by atoms with Crippen LogP contribution in [0, 0.1) is 0 Å². The van der Waals surface area contributed by atoms with Gasteiger partial charge in [0.05, 0.1) is 0 Å². The standard InChI is InChI=1S/C20H19N3O3/c1-13(26-18-8-4-6-14-5-2-3-7-17(14)18)19(24)22-15-9-11-16(12-10-15)23-20(21)25/h2-13H,1H3,(H,22,24)(H3,21,23,25)/t13-/m0/s1. The molecule has 0 aromatic heterocycles. The van der Waals surface area contributed by atoms with Gasteiger partial charge in [-0.25, -0.2) is 4.79 Å². The Morgan fingerprint density at radius 1 is 0.885 bits per heavy atom. The van der Waals surface area contributed by atoms with Crippen molar-refractivity contribution in [2.24, 2.45) is 5.73 Å². The number of hydrogen-bond acceptors (Lipinski definition) is 3. The smallest absolute Gasteiger partial charge is 0.316 e. The van der Waals surface area contributed by atoms with Crippen LogP contribution >= 0.6 is 0 Å². The lowest BCUT2D eigenvalue weighted by molar-refractivity contribution is -0.122. The third kappa shape index (κ3) is 4.10. The van der Waals surface area contributed by atoms with Crippen LogP contribution < -0.4 is 21.1 Å². The van der Waals surface area contributed by atoms with Crippen LogP contribution in [-0.4, -0.2) is 18.0 Å². The van der Waals surface area contributed by atoms with Gasteiger partial charge in [0.2, 0.25) is 0 Å². The van der Waals surface area contributed by atoms with E-state index < -0.39 is 12.1 Å². The lowest BCUT2D eigenvalue weighted by Gasteiger charge is -2.16. The molecule has 0 aliphatic heterocycles. The summed E-state index contributed by atoms with van der Waals surface area (Å²) >= 11 is 0. The molecular formula is C20H19N3O3. The van der Waals surface area contributed by atoms with E-state index in [1.54, 1.807) is 31.2 Å². The van der Waals surface area contributed by atoms with Gasteiger partial charge in [-0.05, 0) is 42.6 Å². The van der Waals surface area contributed by atoms with Gasteiger partial charge in [0.25, 0.3) is 5.91 Å². The average Bonchev–Trinajstić information content (AvgIpc) is 2.63. The highest BCUT2D eigenvalue weighted by atomic mass is 16.5. The van der Waals surface area contributed by atoms with Crippen molar-refractivity contribution in [2.75, 3.05) is 10.6 Å². The molecule has 0 aliphatic carbocycles. The number of amides is 3. The lowest BCUT2D eigenvalue weighted by Crippen LogP contribution is -2.30. The van der Waals surface area contributed by atoms with Crippen molar-refractivity contribution in [3.8, 4) is 5.75 Å². The molecule has 0 heterocycles. The normalized spacial score (nSPS) is 11.6. The Morgan fingerprint density at radius 3 is 2.19 bits per heavy atom. The van der Waals surface area contributed by atoms with Gasteiger partial charge in [-0.3, -0.25) is 4.79 Å². The van der Waals surface area contributed by atoms with Crippen molar-refractivity contribution in [3.63, 3.8) is 0 Å². The summed E-state index contributed by atoms with van der Waals surface area (Å²) in [4.78, 5) is 23.2. The van der Waals surface area contributed by atoms with Crippen LogP contribution in [0.25, 0.3) is 10.8 Å². The first kappa shape index (κ1) is 17.3. The summed E-state index contributed by atoms with van der Waals surface area (Å²) in [7, 11) is 0. The number of ether oxygens (including phenoxy) is 1. The van der Waals surface area contributed by atoms with Crippen LogP contribution in [0.2, 0.25) is 0 Å². The van der Waals surface area contributed by atoms with E-state index in [-0.39, 0.29) is 5.91 Å². The highest BCUT2D eigenvalue weighted by Crippen LogP contribution is 2.26. The van der Waals surface area contributed by atoms with Gasteiger partial charge < -0.3 is 21.1 Å². The molecule has 0 radical (unpaired) electrons. The average molecular weight is 349 g/mol. The predicted octanol–water partition coefficient (Wildman–Crippen LogP) is 3.74. The zero-order valence-corrected chi connectivity index (χ0v) is 14.2. The Morgan fingerprint density at radius 2 is 1.50 bits per heavy atom. The molecule has 0 saturated carbocycles. The minimum absolute atomic E-state index is 0.270. The fraction of sp³-hybridized carbons (Fsp3) is 0.100. The molecular weight excluding hydrogens is 330 g/mol. The zero-order chi connectivity index (χ0) is 18.5. The second kappa shape index (κ2) is 7.57. The molecule has 3 aromatic carbocycles. The number of nitrogens with one attached hydrogen (secondary N) is 2. The summed E-state index contributed by atoms with van der Waals surface area (Å²) < 4.78 is 5.85. The molecule has 4 N–H and O–H groups in total. The van der Waals surface area contributed by atoms with Crippen LogP contribution in [0.1, 0.15) is 6.92 Å². The fourth-order valence-corrected chi connectivity index (χ4v) is 2.57. The van der Waals surface area contributed by atoms with Crippen molar-refractivity contribution in [3.05, 3.63) is 66.7 Å². The van der Waals surface area contributed by atoms with Crippen LogP contribution in [0.4, 0.5) is 16.2 Å². The Bertz CT molecular complexity index is 933. The SMILES string of the molecule is C[C@H](Oc1cccc2ccccc12)C(=O)Nc1ccc(NC(N)=O)cc1. The molecule has 26 heavy (non-hydrogen) atoms. The molecule has 0 bridgehead atoms. The molecule has 0 saturated heterocycles. The van der Waals surface area contributed by atoms with Crippen molar-refractivity contribution < 1.29 is 14.3 Å². The summed E-state index contributed by atoms with van der Waals surface area (Å²) in [6.45, 7) is 1.69. The first-order chi connectivity index (χ1) is 12.5. The molecule has 3 rings (SSSR count). The summed E-state index contributed by atoms with van der Waals surface area (Å²) in [5.74, 6) is 0.389. The van der Waals surface area contributed by atoms with Crippen molar-refractivity contribution in [1.82, 2.24) is 0 Å². The predicted molar refractivity (Wildman–Crippen MR) is 102 cm³/mol. The quantitative estimate of drug-likeness (QED) is 0.655. The molecule has 0 fully saturated rings. The summed E-state index contributed by atoms with van der Waals surface area (Å²) in [6, 6.07) is 19.6. The highest BCUT2D eigenvalue weighted by Gasteiger charge is 2.16. The number of fused-ring (bicyclic) bond motifs is 1. The number of nitrogens with two attached hydrogens (primary N) is 1. The lowest BCUT2D eigenvalue weighted by atomic mass is 10.1. The second-order valence-corrected chi connectivity index (χ2v) is 5.79. The fourth-order valence-electron chi connectivity index (χ4n) is 2.57. The maximum absolute atomic E-state index is 12.4. The minimum atomic E-state index is -0.677. The molecule has 0 spiro atoms. The van der Waals surface area contributed by atoms with E-state index in [2.05, 4.69) is 10.6 Å². The molecule has 3 amide bonds. The molecule has 132 valence electrons. The highest BCUT2D eigenvalue weighted by molar-refractivity contribution is 5.95. The van der Waals surface area contributed by atoms with Gasteiger partial charge in [0.15, 0.2) is 6.10 Å². The largest absolute Gasteiger partial charge is 0.480 e. The topological polar surface area (TPSA) is 93.4 Å². The van der Waals surface area contributed by atoms with E-state index in [1.165, 1.54) is 0 Å². The Labute approximate surface area is 151 Å². The zero-order valence-electron chi connectivity index (χ0n) is 14.2. The van der Waals surface area contributed by atoms with Crippen molar-refractivity contribution in [2.45, 2.75) is 13.0 Å². The van der Waals surface area contributed by atoms with E-state index in [0.29, 0.717) is 17.1 Å². The number of primary amides is 1. The number of hydrogen-bond donors (Lipinski definition) is 3. The van der Waals surface area contributed by atoms with Gasteiger partial charge in [0, 0.05) is 16.8 Å². The van der Waals surface area contributed by atoms with Gasteiger partial charge >= 0.3 is 6.03 Å². The first-order valence-electron chi connectivity index (χ1n) is 8.15. The van der Waals surface area contributed by atoms with E-state index in [0.717, 1.165) is 10.8 Å². The Balaban J connectivity index is 1.67. The summed E-state index contributed by atoms with van der Waals surface area (Å²) in [5.41, 5.74) is 6.21. The third-order valence-electron chi connectivity index (χ3n) is 3.84. The van der Waals surface area contributed by atoms with Crippen LogP contribution in [0.15, 0.2) is 66.7 Å². The number of carbonyl (C=O) groups excluding carboxylic acids is 2. The number of benzene rings is 3. The second-order valence-electron chi connectivity index (χ2n) is 5.79. The van der Waals surface area contributed by atoms with Gasteiger partial charge in [-0.1, -0.05) is 36.4 Å². The maximum Gasteiger partial charge on any atom is 0.316 e. The Hall–Kier alpha value is -3.54. The number of carbonyl (C=O) groups is 2. The molecule has 0 unspecified atom stereocenters. The van der Waals surface area contributed by atoms with Crippen molar-refractivity contribution in [1.29, 1.82) is 0 Å². The first-order valence-corrected chi connectivity index (χ1v) is 8.15. The van der Waals surface area contributed by atoms with Crippen LogP contribution in [-0.2, 0) is 4.79 Å². The number of anilines is 2. The summed E-state index contributed by atoms with van der Waals surface area (Å²) in [6.07, 6.45) is -0.677. The monoisotopic (exact) mass is 349 g/mol. The number of rotatable bonds is 5. The van der Waals surface area contributed by atoms with Gasteiger partial charge in [0.1, 0.15) is 5.75 Å². The van der Waals surface area contributed by atoms with Crippen molar-refractivity contribution >= 4 is 34.1 Å². The molecule has 0 aliphatic rings. The molecule has 3 aromatic rings. The van der Waals surface area contributed by atoms with Crippen LogP contribution in [0.3, 0.4) is 0 Å². The minimum Gasteiger partial charge on any atom is -0.480 e. The maximum atomic E-state index is 12.4. The summed E-state index contributed by atoms with van der Waals surface area (Å²) in [5, 5.41) is 7.25. The molecule has 1 atom stereocenters. The molecule has 6 heteroatoms. The van der Waals surface area contributed by atoms with E-state index in [4.69, 9.17) is 10.5 Å². The molecule has 6 nitrogen and oxygen atoms in total. The third-order valence-corrected chi connectivity index (χ3v) is 3.84. The van der Waals surface area contributed by atoms with Crippen LogP contribution in [0.5, 0.6) is 5.75 Å². The van der Waals surface area contributed by atoms with Gasteiger partial charge in [-0.15, -0.1) is 0 Å². The van der Waals surface area contributed by atoms with Gasteiger partial charge in [-0.2, -0.15) is 0 Å². The Kier molecular flexibility index (Phi) is 5.03. The van der Waals surface area contributed by atoms with E-state index >= 15 is 0 Å². The van der Waals surface area contributed by atoms with E-state index in [9.17, 15) is 9.59 Å².